The molecule has 4 rings (SSSR count). The molecule has 12 heteroatoms. The molecule has 0 aliphatic carbocycles. The van der Waals surface area contributed by atoms with E-state index in [1.807, 2.05) is 6.92 Å². The number of alkyl halides is 3. The van der Waals surface area contributed by atoms with Crippen LogP contribution in [-0.4, -0.2) is 54.6 Å². The Bertz CT molecular complexity index is 1070. The minimum absolute atomic E-state index is 0.120. The first-order chi connectivity index (χ1) is 16.2. The normalized spacial score (nSPS) is 20.1. The van der Waals surface area contributed by atoms with Crippen molar-refractivity contribution in [3.63, 3.8) is 0 Å². The number of benzene rings is 1. The third kappa shape index (κ3) is 5.61. The van der Waals surface area contributed by atoms with Crippen LogP contribution in [0.2, 0.25) is 0 Å². The number of aliphatic imine (C=N–C) groups is 1. The summed E-state index contributed by atoms with van der Waals surface area (Å²) in [6, 6.07) is 1.83. The minimum Gasteiger partial charge on any atom is -0.381 e. The number of rotatable bonds is 7. The number of carbonyl (C=O) groups is 1. The maximum Gasteiger partial charge on any atom is 0.419 e. The monoisotopic (exact) mass is 480 g/mol. The highest BCUT2D eigenvalue weighted by molar-refractivity contribution is 5.91. The average molecular weight is 480 g/mol. The summed E-state index contributed by atoms with van der Waals surface area (Å²) in [4.78, 5) is 27.3. The predicted octanol–water partition coefficient (Wildman–Crippen LogP) is 2.92. The number of ether oxygens (including phenoxy) is 1. The Hall–Kier alpha value is -3.28. The van der Waals surface area contributed by atoms with Gasteiger partial charge in [-0.1, -0.05) is 6.07 Å². The van der Waals surface area contributed by atoms with Gasteiger partial charge in [-0.05, 0) is 31.0 Å². The molecule has 1 saturated heterocycles. The molecular weight excluding hydrogens is 456 g/mol. The van der Waals surface area contributed by atoms with E-state index in [1.54, 1.807) is 11.1 Å². The number of nitrogens with zero attached hydrogens (tertiary/aromatic N) is 4. The van der Waals surface area contributed by atoms with Crippen LogP contribution in [0.5, 0.6) is 0 Å². The summed E-state index contributed by atoms with van der Waals surface area (Å²) in [6.45, 7) is 4.14. The zero-order valence-corrected chi connectivity index (χ0v) is 18.4. The van der Waals surface area contributed by atoms with Crippen molar-refractivity contribution in [3.05, 3.63) is 46.9 Å². The van der Waals surface area contributed by atoms with Gasteiger partial charge in [0, 0.05) is 37.4 Å². The van der Waals surface area contributed by atoms with E-state index in [0.717, 1.165) is 30.7 Å². The largest absolute Gasteiger partial charge is 0.419 e. The van der Waals surface area contributed by atoms with Crippen LogP contribution in [0.3, 0.4) is 0 Å². The van der Waals surface area contributed by atoms with E-state index < -0.39 is 29.5 Å². The van der Waals surface area contributed by atoms with Crippen LogP contribution < -0.4 is 15.5 Å². The molecule has 3 heterocycles. The van der Waals surface area contributed by atoms with Crippen LogP contribution in [-0.2, 0) is 22.3 Å². The van der Waals surface area contributed by atoms with Crippen molar-refractivity contribution < 1.29 is 27.1 Å². The number of anilines is 2. The lowest BCUT2D eigenvalue weighted by Gasteiger charge is -2.18. The molecular formula is C22H24F4N6O2. The minimum atomic E-state index is -4.77. The second kappa shape index (κ2) is 9.92. The molecule has 1 aromatic heterocycles. The van der Waals surface area contributed by atoms with Crippen LogP contribution >= 0.6 is 0 Å². The van der Waals surface area contributed by atoms with Gasteiger partial charge in [0.25, 0.3) is 0 Å². The third-order valence-electron chi connectivity index (χ3n) is 5.65. The number of nitrogens with one attached hydrogen (secondary N) is 2. The molecule has 8 nitrogen and oxygen atoms in total. The van der Waals surface area contributed by atoms with E-state index in [2.05, 4.69) is 25.6 Å². The summed E-state index contributed by atoms with van der Waals surface area (Å²) in [5.74, 6) is -0.311. The van der Waals surface area contributed by atoms with Crippen molar-refractivity contribution >= 4 is 24.0 Å². The molecule has 0 saturated carbocycles. The van der Waals surface area contributed by atoms with Gasteiger partial charge >= 0.3 is 6.18 Å². The topological polar surface area (TPSA) is 91.7 Å². The van der Waals surface area contributed by atoms with E-state index in [4.69, 9.17) is 4.74 Å². The molecule has 182 valence electrons. The molecule has 2 aliphatic rings. The van der Waals surface area contributed by atoms with E-state index in [-0.39, 0.29) is 18.7 Å². The number of aromatic nitrogens is 2. The fourth-order valence-corrected chi connectivity index (χ4v) is 3.73. The summed E-state index contributed by atoms with van der Waals surface area (Å²) in [6.07, 6.45) is -0.574. The molecule has 34 heavy (non-hydrogen) atoms. The fourth-order valence-electron chi connectivity index (χ4n) is 3.73. The van der Waals surface area contributed by atoms with E-state index in [0.29, 0.717) is 36.9 Å². The summed E-state index contributed by atoms with van der Waals surface area (Å²) in [5, 5.41) is 5.81. The molecule has 2 atom stereocenters. The van der Waals surface area contributed by atoms with Crippen LogP contribution in [0.1, 0.15) is 23.1 Å². The fraction of sp³-hybridized carbons (Fsp3) is 0.455. The SMILES string of the molecule is Cc1cnc(NC[C@@H]2CCOC2)nc1N1C=NC(C(=O)NCc2ccc(C(F)(F)F)c(F)c2)C1. The van der Waals surface area contributed by atoms with Crippen LogP contribution in [0.4, 0.5) is 29.3 Å². The van der Waals surface area contributed by atoms with Crippen LogP contribution in [0, 0.1) is 18.7 Å². The molecule has 1 aromatic carbocycles. The molecule has 1 amide bonds. The summed E-state index contributed by atoms with van der Waals surface area (Å²) in [5.41, 5.74) is -0.320. The third-order valence-corrected chi connectivity index (χ3v) is 5.65. The Morgan fingerprint density at radius 3 is 2.85 bits per heavy atom. The Morgan fingerprint density at radius 2 is 2.15 bits per heavy atom. The van der Waals surface area contributed by atoms with Crippen molar-refractivity contribution in [1.29, 1.82) is 0 Å². The zero-order chi connectivity index (χ0) is 24.3. The quantitative estimate of drug-likeness (QED) is 0.593. The van der Waals surface area contributed by atoms with Crippen LogP contribution in [0.25, 0.3) is 0 Å². The van der Waals surface area contributed by atoms with E-state index in [1.165, 1.54) is 6.34 Å². The highest BCUT2D eigenvalue weighted by Gasteiger charge is 2.34. The number of amides is 1. The van der Waals surface area contributed by atoms with Gasteiger partial charge in [-0.3, -0.25) is 9.79 Å². The molecule has 0 radical (unpaired) electrons. The first-order valence-corrected chi connectivity index (χ1v) is 10.8. The summed E-state index contributed by atoms with van der Waals surface area (Å²) in [7, 11) is 0. The maximum absolute atomic E-state index is 13.7. The number of hydrogen-bond acceptors (Lipinski definition) is 7. The van der Waals surface area contributed by atoms with Gasteiger partial charge in [-0.15, -0.1) is 0 Å². The first-order valence-electron chi connectivity index (χ1n) is 10.8. The molecule has 1 unspecified atom stereocenters. The number of halogens is 4. The highest BCUT2D eigenvalue weighted by Crippen LogP contribution is 2.31. The first kappa shape index (κ1) is 23.9. The van der Waals surface area contributed by atoms with Crippen molar-refractivity contribution in [2.45, 2.75) is 32.1 Å². The van der Waals surface area contributed by atoms with E-state index >= 15 is 0 Å². The lowest BCUT2D eigenvalue weighted by atomic mass is 10.1. The second-order valence-electron chi connectivity index (χ2n) is 8.27. The van der Waals surface area contributed by atoms with Gasteiger partial charge in [0.15, 0.2) is 0 Å². The highest BCUT2D eigenvalue weighted by atomic mass is 19.4. The lowest BCUT2D eigenvalue weighted by Crippen LogP contribution is -2.37. The number of aryl methyl sites for hydroxylation is 1. The second-order valence-corrected chi connectivity index (χ2v) is 8.27. The Labute approximate surface area is 193 Å². The van der Waals surface area contributed by atoms with Crippen molar-refractivity contribution in [3.8, 4) is 0 Å². The zero-order valence-electron chi connectivity index (χ0n) is 18.4. The molecule has 2 N–H and O–H groups in total. The van der Waals surface area contributed by atoms with Crippen molar-refractivity contribution in [2.24, 2.45) is 10.9 Å². The van der Waals surface area contributed by atoms with Crippen molar-refractivity contribution in [2.75, 3.05) is 36.5 Å². The molecule has 2 aromatic rings. The predicted molar refractivity (Wildman–Crippen MR) is 117 cm³/mol. The van der Waals surface area contributed by atoms with Gasteiger partial charge in [0.1, 0.15) is 17.7 Å². The van der Waals surface area contributed by atoms with Gasteiger partial charge in [-0.25, -0.2) is 9.37 Å². The van der Waals surface area contributed by atoms with Gasteiger partial charge in [0.05, 0.1) is 25.1 Å². The summed E-state index contributed by atoms with van der Waals surface area (Å²) >= 11 is 0. The number of carbonyl (C=O) groups excluding carboxylic acids is 1. The van der Waals surface area contributed by atoms with Crippen LogP contribution in [0.15, 0.2) is 29.4 Å². The van der Waals surface area contributed by atoms with Gasteiger partial charge < -0.3 is 20.3 Å². The Balaban J connectivity index is 1.32. The average Bonchev–Trinajstić information content (AvgIpc) is 3.48. The maximum atomic E-state index is 13.7. The smallest absolute Gasteiger partial charge is 0.381 e. The number of hydrogen-bond donors (Lipinski definition) is 2. The Morgan fingerprint density at radius 1 is 1.32 bits per heavy atom. The Kier molecular flexibility index (Phi) is 6.96. The standard InChI is InChI=1S/C22H24F4N6O2/c1-13-7-28-21(29-9-15-4-5-34-11-15)31-19(13)32-10-18(30-12-32)20(33)27-8-14-2-3-16(17(23)6-14)22(24,25)26/h2-3,6-7,12,15,18H,4-5,8-11H2,1H3,(H,27,33)(H,28,29,31)/t15-,18?/m0/s1. The van der Waals surface area contributed by atoms with Crippen molar-refractivity contribution in [1.82, 2.24) is 15.3 Å². The van der Waals surface area contributed by atoms with Gasteiger partial charge in [-0.2, -0.15) is 18.2 Å². The van der Waals surface area contributed by atoms with Gasteiger partial charge in [0.2, 0.25) is 11.9 Å². The van der Waals surface area contributed by atoms with E-state index in [9.17, 15) is 22.4 Å². The molecule has 1 fully saturated rings. The molecule has 0 spiro atoms. The molecule has 0 bridgehead atoms. The molecule has 2 aliphatic heterocycles. The summed E-state index contributed by atoms with van der Waals surface area (Å²) < 4.78 is 57.2. The lowest BCUT2D eigenvalue weighted by molar-refractivity contribution is -0.140.